The molecule has 0 saturated heterocycles. The molecule has 9 heteroatoms. The van der Waals surface area contributed by atoms with E-state index in [1.807, 2.05) is 0 Å². The van der Waals surface area contributed by atoms with Gasteiger partial charge >= 0.3 is 5.97 Å². The fraction of sp³-hybridized carbons (Fsp3) is 0.125. The van der Waals surface area contributed by atoms with Crippen LogP contribution in [0.3, 0.4) is 0 Å². The van der Waals surface area contributed by atoms with E-state index in [0.717, 1.165) is 0 Å². The number of nitrogens with zero attached hydrogens (tertiary/aromatic N) is 1. The number of nitro groups is 1. The first kappa shape index (κ1) is 18.7. The Hall–Kier alpha value is -2.64. The Morgan fingerprint density at radius 1 is 1.20 bits per heavy atom. The molecule has 7 nitrogen and oxygen atoms in total. The highest BCUT2D eigenvalue weighted by Crippen LogP contribution is 2.24. The number of carbonyl (C=O) groups excluding carboxylic acids is 2. The van der Waals surface area contributed by atoms with Crippen LogP contribution in [0.5, 0.6) is 0 Å². The minimum atomic E-state index is -1.21. The van der Waals surface area contributed by atoms with Crippen LogP contribution in [0.2, 0.25) is 10.0 Å². The van der Waals surface area contributed by atoms with E-state index in [1.165, 1.54) is 49.4 Å². The third-order valence-corrected chi connectivity index (χ3v) is 3.72. The van der Waals surface area contributed by atoms with Crippen LogP contribution in [0.1, 0.15) is 17.3 Å². The number of anilines is 1. The van der Waals surface area contributed by atoms with Crippen molar-refractivity contribution in [3.05, 3.63) is 68.2 Å². The molecule has 2 aromatic rings. The molecule has 0 aliphatic carbocycles. The van der Waals surface area contributed by atoms with Crippen molar-refractivity contribution in [2.45, 2.75) is 13.0 Å². The number of hydrogen-bond donors (Lipinski definition) is 1. The first-order chi connectivity index (χ1) is 11.8. The van der Waals surface area contributed by atoms with Gasteiger partial charge in [0.15, 0.2) is 6.10 Å². The van der Waals surface area contributed by atoms with Gasteiger partial charge in [0.2, 0.25) is 0 Å². The van der Waals surface area contributed by atoms with Crippen molar-refractivity contribution < 1.29 is 19.2 Å². The summed E-state index contributed by atoms with van der Waals surface area (Å²) in [5.41, 5.74) is -0.257. The van der Waals surface area contributed by atoms with Gasteiger partial charge in [-0.1, -0.05) is 35.3 Å². The van der Waals surface area contributed by atoms with E-state index in [2.05, 4.69) is 5.32 Å². The number of benzene rings is 2. The standard InChI is InChI=1S/C16H12Cl2N2O5/c1-9(25-16(22)11-8-10(17)6-7-12(11)18)15(21)19-13-4-2-3-5-14(13)20(23)24/h2-9H,1H3,(H,19,21)/t9-/m1/s1. The second kappa shape index (κ2) is 7.96. The minimum absolute atomic E-state index is 0.00110. The van der Waals surface area contributed by atoms with Crippen LogP contribution in [0.25, 0.3) is 0 Å². The zero-order valence-electron chi connectivity index (χ0n) is 12.9. The van der Waals surface area contributed by atoms with Crippen molar-refractivity contribution in [1.29, 1.82) is 0 Å². The molecule has 0 unspecified atom stereocenters. The fourth-order valence-electron chi connectivity index (χ4n) is 1.90. The number of esters is 1. The Morgan fingerprint density at radius 2 is 1.88 bits per heavy atom. The number of hydrogen-bond acceptors (Lipinski definition) is 5. The summed E-state index contributed by atoms with van der Waals surface area (Å²) in [4.78, 5) is 34.6. The number of nitrogens with one attached hydrogen (secondary N) is 1. The molecule has 0 heterocycles. The van der Waals surface area contributed by atoms with Gasteiger partial charge in [-0.05, 0) is 31.2 Å². The maximum absolute atomic E-state index is 12.1. The zero-order valence-corrected chi connectivity index (χ0v) is 14.4. The van der Waals surface area contributed by atoms with Gasteiger partial charge in [-0.25, -0.2) is 4.79 Å². The summed E-state index contributed by atoms with van der Waals surface area (Å²) in [6.07, 6.45) is -1.21. The van der Waals surface area contributed by atoms with Crippen LogP contribution >= 0.6 is 23.2 Å². The molecule has 1 atom stereocenters. The summed E-state index contributed by atoms with van der Waals surface area (Å²) in [6.45, 7) is 1.33. The number of carbonyl (C=O) groups is 2. The lowest BCUT2D eigenvalue weighted by molar-refractivity contribution is -0.383. The monoisotopic (exact) mass is 382 g/mol. The normalized spacial score (nSPS) is 11.5. The predicted molar refractivity (Wildman–Crippen MR) is 93.1 cm³/mol. The molecular weight excluding hydrogens is 371 g/mol. The Kier molecular flexibility index (Phi) is 5.95. The smallest absolute Gasteiger partial charge is 0.340 e. The average Bonchev–Trinajstić information content (AvgIpc) is 2.57. The highest BCUT2D eigenvalue weighted by Gasteiger charge is 2.23. The van der Waals surface area contributed by atoms with E-state index in [-0.39, 0.29) is 27.0 Å². The van der Waals surface area contributed by atoms with Crippen LogP contribution in [-0.4, -0.2) is 22.9 Å². The molecule has 0 aliphatic rings. The molecule has 2 rings (SSSR count). The molecule has 1 N–H and O–H groups in total. The van der Waals surface area contributed by atoms with Crippen LogP contribution in [0.15, 0.2) is 42.5 Å². The zero-order chi connectivity index (χ0) is 18.6. The molecule has 130 valence electrons. The Labute approximate surface area is 152 Å². The SMILES string of the molecule is C[C@@H](OC(=O)c1cc(Cl)ccc1Cl)C(=O)Nc1ccccc1[N+](=O)[O-]. The van der Waals surface area contributed by atoms with E-state index in [4.69, 9.17) is 27.9 Å². The molecule has 0 saturated carbocycles. The molecule has 25 heavy (non-hydrogen) atoms. The maximum atomic E-state index is 12.1. The van der Waals surface area contributed by atoms with Crippen LogP contribution < -0.4 is 5.32 Å². The molecule has 1 amide bonds. The van der Waals surface area contributed by atoms with Gasteiger partial charge in [-0.3, -0.25) is 14.9 Å². The second-order valence-corrected chi connectivity index (χ2v) is 5.78. The van der Waals surface area contributed by atoms with Gasteiger partial charge in [-0.15, -0.1) is 0 Å². The van der Waals surface area contributed by atoms with Crippen molar-refractivity contribution in [2.24, 2.45) is 0 Å². The van der Waals surface area contributed by atoms with E-state index in [9.17, 15) is 19.7 Å². The molecular formula is C16H12Cl2N2O5. The topological polar surface area (TPSA) is 98.5 Å². The molecule has 0 bridgehead atoms. The van der Waals surface area contributed by atoms with E-state index < -0.39 is 22.9 Å². The maximum Gasteiger partial charge on any atom is 0.340 e. The van der Waals surface area contributed by atoms with Crippen molar-refractivity contribution >= 4 is 46.5 Å². The molecule has 0 aromatic heterocycles. The quantitative estimate of drug-likeness (QED) is 0.477. The molecule has 2 aromatic carbocycles. The predicted octanol–water partition coefficient (Wildman–Crippen LogP) is 4.09. The number of amides is 1. The molecule has 0 spiro atoms. The van der Waals surface area contributed by atoms with Crippen molar-refractivity contribution in [2.75, 3.05) is 5.32 Å². The highest BCUT2D eigenvalue weighted by atomic mass is 35.5. The number of para-hydroxylation sites is 2. The summed E-state index contributed by atoms with van der Waals surface area (Å²) < 4.78 is 5.04. The Morgan fingerprint density at radius 3 is 2.56 bits per heavy atom. The van der Waals surface area contributed by atoms with E-state index >= 15 is 0 Å². The third kappa shape index (κ3) is 4.68. The summed E-state index contributed by atoms with van der Waals surface area (Å²) in [6, 6.07) is 9.88. The molecule has 0 fully saturated rings. The summed E-state index contributed by atoms with van der Waals surface area (Å²) in [7, 11) is 0. The minimum Gasteiger partial charge on any atom is -0.449 e. The second-order valence-electron chi connectivity index (χ2n) is 4.94. The van der Waals surface area contributed by atoms with E-state index in [1.54, 1.807) is 0 Å². The van der Waals surface area contributed by atoms with Crippen LogP contribution in [0.4, 0.5) is 11.4 Å². The van der Waals surface area contributed by atoms with Crippen LogP contribution in [-0.2, 0) is 9.53 Å². The van der Waals surface area contributed by atoms with Crippen molar-refractivity contribution in [3.8, 4) is 0 Å². The third-order valence-electron chi connectivity index (χ3n) is 3.16. The van der Waals surface area contributed by atoms with Gasteiger partial charge in [0.05, 0.1) is 15.5 Å². The summed E-state index contributed by atoms with van der Waals surface area (Å²) in [5, 5.41) is 13.7. The fourth-order valence-corrected chi connectivity index (χ4v) is 2.27. The lowest BCUT2D eigenvalue weighted by atomic mass is 10.2. The Balaban J connectivity index is 2.09. The van der Waals surface area contributed by atoms with Crippen molar-refractivity contribution in [3.63, 3.8) is 0 Å². The van der Waals surface area contributed by atoms with Gasteiger partial charge in [0.1, 0.15) is 5.69 Å². The number of ether oxygens (including phenoxy) is 1. The number of nitro benzene ring substituents is 1. The first-order valence-electron chi connectivity index (χ1n) is 7.00. The lowest BCUT2D eigenvalue weighted by Crippen LogP contribution is -2.30. The van der Waals surface area contributed by atoms with Gasteiger partial charge in [-0.2, -0.15) is 0 Å². The summed E-state index contributed by atoms with van der Waals surface area (Å²) >= 11 is 11.7. The Bertz CT molecular complexity index is 841. The average molecular weight is 383 g/mol. The largest absolute Gasteiger partial charge is 0.449 e. The number of halogens is 2. The first-order valence-corrected chi connectivity index (χ1v) is 7.75. The van der Waals surface area contributed by atoms with Gasteiger partial charge in [0, 0.05) is 11.1 Å². The highest BCUT2D eigenvalue weighted by molar-refractivity contribution is 6.35. The van der Waals surface area contributed by atoms with Gasteiger partial charge < -0.3 is 10.1 Å². The molecule has 0 radical (unpaired) electrons. The number of rotatable bonds is 5. The summed E-state index contributed by atoms with van der Waals surface area (Å²) in [5.74, 6) is -1.56. The van der Waals surface area contributed by atoms with Crippen LogP contribution in [0, 0.1) is 10.1 Å². The van der Waals surface area contributed by atoms with Gasteiger partial charge in [0.25, 0.3) is 11.6 Å². The molecule has 0 aliphatic heterocycles. The lowest BCUT2D eigenvalue weighted by Gasteiger charge is -2.14. The van der Waals surface area contributed by atoms with E-state index in [0.29, 0.717) is 0 Å². The van der Waals surface area contributed by atoms with Crippen molar-refractivity contribution in [1.82, 2.24) is 0 Å².